The van der Waals surface area contributed by atoms with Crippen molar-refractivity contribution in [2.24, 2.45) is 5.41 Å². The van der Waals surface area contributed by atoms with Crippen molar-refractivity contribution in [2.45, 2.75) is 12.8 Å². The maximum atomic E-state index is 13.2. The molecule has 4 rings (SSSR count). The van der Waals surface area contributed by atoms with Gasteiger partial charge in [-0.25, -0.2) is 9.37 Å². The molecule has 0 bridgehead atoms. The summed E-state index contributed by atoms with van der Waals surface area (Å²) < 4.78 is 20.0. The van der Waals surface area contributed by atoms with Crippen LogP contribution in [0.1, 0.15) is 12.1 Å². The number of aliphatic hydroxyl groups is 1. The molecule has 0 amide bonds. The van der Waals surface area contributed by atoms with E-state index in [1.54, 1.807) is 18.3 Å². The number of anilines is 1. The Morgan fingerprint density at radius 1 is 1.24 bits per heavy atom. The van der Waals surface area contributed by atoms with E-state index in [-0.39, 0.29) is 23.4 Å². The van der Waals surface area contributed by atoms with E-state index in [2.05, 4.69) is 4.98 Å². The number of aryl methyl sites for hydroxylation is 1. The largest absolute Gasteiger partial charge is 0.396 e. The van der Waals surface area contributed by atoms with Crippen molar-refractivity contribution in [2.75, 3.05) is 37.8 Å². The standard InChI is InChI=1S/C18H20FN3O3/c19-13-3-5-15(6-4-13)22-8-14(2-1-7-23)20-16(17(22)24)21-9-18(10-21)11-25-12-18/h3-6,8,23H,1-2,7,9-12H2. The van der Waals surface area contributed by atoms with E-state index in [0.717, 1.165) is 32.0 Å². The van der Waals surface area contributed by atoms with Gasteiger partial charge < -0.3 is 14.7 Å². The van der Waals surface area contributed by atoms with E-state index in [1.807, 2.05) is 4.90 Å². The summed E-state index contributed by atoms with van der Waals surface area (Å²) in [5.41, 5.74) is 1.30. The minimum atomic E-state index is -0.346. The summed E-state index contributed by atoms with van der Waals surface area (Å²) >= 11 is 0. The highest BCUT2D eigenvalue weighted by Gasteiger charge is 2.50. The van der Waals surface area contributed by atoms with E-state index in [9.17, 15) is 9.18 Å². The zero-order valence-electron chi connectivity index (χ0n) is 13.8. The highest BCUT2D eigenvalue weighted by Crippen LogP contribution is 2.38. The molecule has 1 aromatic carbocycles. The minimum Gasteiger partial charge on any atom is -0.396 e. The molecular weight excluding hydrogens is 325 g/mol. The molecule has 2 saturated heterocycles. The first-order valence-electron chi connectivity index (χ1n) is 8.42. The fraction of sp³-hybridized carbons (Fsp3) is 0.444. The number of halogens is 1. The lowest BCUT2D eigenvalue weighted by atomic mass is 9.78. The second-order valence-electron chi connectivity index (χ2n) is 6.88. The predicted molar refractivity (Wildman–Crippen MR) is 90.7 cm³/mol. The van der Waals surface area contributed by atoms with E-state index in [1.165, 1.54) is 16.7 Å². The maximum absolute atomic E-state index is 13.2. The number of rotatable bonds is 5. The number of nitrogens with zero attached hydrogens (tertiary/aromatic N) is 3. The second-order valence-corrected chi connectivity index (χ2v) is 6.88. The van der Waals surface area contributed by atoms with Crippen LogP contribution in [0.15, 0.2) is 35.3 Å². The first-order chi connectivity index (χ1) is 12.1. The van der Waals surface area contributed by atoms with Crippen molar-refractivity contribution in [1.29, 1.82) is 0 Å². The molecule has 25 heavy (non-hydrogen) atoms. The topological polar surface area (TPSA) is 67.6 Å². The highest BCUT2D eigenvalue weighted by molar-refractivity contribution is 5.45. The van der Waals surface area contributed by atoms with Crippen LogP contribution in [0.3, 0.4) is 0 Å². The van der Waals surface area contributed by atoms with Crippen molar-refractivity contribution >= 4 is 5.82 Å². The van der Waals surface area contributed by atoms with Crippen LogP contribution in [0.5, 0.6) is 0 Å². The molecule has 2 aliphatic rings. The number of ether oxygens (including phenoxy) is 1. The lowest BCUT2D eigenvalue weighted by Crippen LogP contribution is -2.67. The third-order valence-corrected chi connectivity index (χ3v) is 4.80. The quantitative estimate of drug-likeness (QED) is 0.880. The third-order valence-electron chi connectivity index (χ3n) is 4.80. The Hall–Kier alpha value is -2.25. The molecule has 6 nitrogen and oxygen atoms in total. The van der Waals surface area contributed by atoms with E-state index >= 15 is 0 Å². The zero-order valence-corrected chi connectivity index (χ0v) is 13.8. The van der Waals surface area contributed by atoms with Crippen LogP contribution in [0, 0.1) is 11.2 Å². The Bertz CT molecular complexity index is 822. The van der Waals surface area contributed by atoms with Crippen LogP contribution in [-0.4, -0.2) is 47.6 Å². The van der Waals surface area contributed by atoms with Crippen LogP contribution in [0.25, 0.3) is 5.69 Å². The second kappa shape index (κ2) is 6.24. The fourth-order valence-electron chi connectivity index (χ4n) is 3.39. The molecule has 2 aromatic rings. The molecule has 2 aliphatic heterocycles. The smallest absolute Gasteiger partial charge is 0.298 e. The Balaban J connectivity index is 1.71. The average molecular weight is 345 g/mol. The van der Waals surface area contributed by atoms with Gasteiger partial charge in [0.15, 0.2) is 5.82 Å². The number of aliphatic hydroxyl groups excluding tert-OH is 1. The van der Waals surface area contributed by atoms with Crippen LogP contribution in [0.4, 0.5) is 10.2 Å². The fourth-order valence-corrected chi connectivity index (χ4v) is 3.39. The Kier molecular flexibility index (Phi) is 4.05. The van der Waals surface area contributed by atoms with Crippen LogP contribution in [0.2, 0.25) is 0 Å². The average Bonchev–Trinajstić information content (AvgIpc) is 2.53. The number of hydrogen-bond donors (Lipinski definition) is 1. The molecule has 7 heteroatoms. The molecule has 2 fully saturated rings. The number of hydrogen-bond acceptors (Lipinski definition) is 5. The van der Waals surface area contributed by atoms with E-state index in [4.69, 9.17) is 9.84 Å². The van der Waals surface area contributed by atoms with Gasteiger partial charge in [0.25, 0.3) is 5.56 Å². The molecule has 0 unspecified atom stereocenters. The summed E-state index contributed by atoms with van der Waals surface area (Å²) in [6, 6.07) is 5.82. The molecule has 1 spiro atoms. The molecular formula is C18H20FN3O3. The summed E-state index contributed by atoms with van der Waals surface area (Å²) in [5, 5.41) is 9.08. The molecule has 0 aliphatic carbocycles. The van der Waals surface area contributed by atoms with Crippen molar-refractivity contribution < 1.29 is 14.2 Å². The maximum Gasteiger partial charge on any atom is 0.298 e. The summed E-state index contributed by atoms with van der Waals surface area (Å²) in [6.45, 7) is 3.07. The molecule has 0 atom stereocenters. The van der Waals surface area contributed by atoms with Gasteiger partial charge in [0.2, 0.25) is 0 Å². The minimum absolute atomic E-state index is 0.0663. The molecule has 132 valence electrons. The normalized spacial score (nSPS) is 18.1. The predicted octanol–water partition coefficient (Wildman–Crippen LogP) is 1.13. The van der Waals surface area contributed by atoms with Crippen LogP contribution >= 0.6 is 0 Å². The van der Waals surface area contributed by atoms with E-state index in [0.29, 0.717) is 24.3 Å². The Labute approximate surface area is 144 Å². The summed E-state index contributed by atoms with van der Waals surface area (Å²) in [5.74, 6) is 0.0681. The van der Waals surface area contributed by atoms with Gasteiger partial charge in [0.1, 0.15) is 5.82 Å². The lowest BCUT2D eigenvalue weighted by molar-refractivity contribution is -0.127. The Morgan fingerprint density at radius 2 is 1.96 bits per heavy atom. The van der Waals surface area contributed by atoms with Crippen molar-refractivity contribution in [3.63, 3.8) is 0 Å². The van der Waals surface area contributed by atoms with Crippen molar-refractivity contribution in [3.8, 4) is 5.69 Å². The molecule has 0 radical (unpaired) electrons. The van der Waals surface area contributed by atoms with Gasteiger partial charge in [-0.15, -0.1) is 0 Å². The Morgan fingerprint density at radius 3 is 2.56 bits per heavy atom. The van der Waals surface area contributed by atoms with Crippen LogP contribution in [-0.2, 0) is 11.2 Å². The van der Waals surface area contributed by atoms with Gasteiger partial charge in [0.05, 0.1) is 24.3 Å². The van der Waals surface area contributed by atoms with Crippen molar-refractivity contribution in [1.82, 2.24) is 9.55 Å². The van der Waals surface area contributed by atoms with Gasteiger partial charge >= 0.3 is 0 Å². The van der Waals surface area contributed by atoms with Crippen molar-refractivity contribution in [3.05, 3.63) is 52.3 Å². The first kappa shape index (κ1) is 16.2. The van der Waals surface area contributed by atoms with Gasteiger partial charge in [-0.2, -0.15) is 0 Å². The first-order valence-corrected chi connectivity index (χ1v) is 8.42. The van der Waals surface area contributed by atoms with Gasteiger partial charge in [0, 0.05) is 31.6 Å². The lowest BCUT2D eigenvalue weighted by Gasteiger charge is -2.55. The number of benzene rings is 1. The summed E-state index contributed by atoms with van der Waals surface area (Å²) in [7, 11) is 0. The molecule has 3 heterocycles. The van der Waals surface area contributed by atoms with Gasteiger partial charge in [-0.3, -0.25) is 9.36 Å². The highest BCUT2D eigenvalue weighted by atomic mass is 19.1. The third kappa shape index (κ3) is 2.94. The summed E-state index contributed by atoms with van der Waals surface area (Å²) in [6.07, 6.45) is 2.83. The van der Waals surface area contributed by atoms with Gasteiger partial charge in [-0.05, 0) is 37.1 Å². The summed E-state index contributed by atoms with van der Waals surface area (Å²) in [4.78, 5) is 19.4. The zero-order chi connectivity index (χ0) is 17.4. The van der Waals surface area contributed by atoms with Crippen LogP contribution < -0.4 is 10.5 Å². The molecule has 0 saturated carbocycles. The van der Waals surface area contributed by atoms with Gasteiger partial charge in [-0.1, -0.05) is 0 Å². The molecule has 1 aromatic heterocycles. The number of aromatic nitrogens is 2. The van der Waals surface area contributed by atoms with E-state index < -0.39 is 0 Å². The SMILES string of the molecule is O=c1c(N2CC3(COC3)C2)nc(CCCO)cn1-c1ccc(F)cc1. The monoisotopic (exact) mass is 345 g/mol. The molecule has 1 N–H and O–H groups in total.